The van der Waals surface area contributed by atoms with Gasteiger partial charge < -0.3 is 10.2 Å². The molecule has 1 N–H and O–H groups in total. The highest BCUT2D eigenvalue weighted by Crippen LogP contribution is 2.15. The summed E-state index contributed by atoms with van der Waals surface area (Å²) < 4.78 is 0. The Morgan fingerprint density at radius 2 is 2.32 bits per heavy atom. The summed E-state index contributed by atoms with van der Waals surface area (Å²) in [5.74, 6) is 1.43. The molecule has 0 amide bonds. The van der Waals surface area contributed by atoms with Gasteiger partial charge in [-0.15, -0.1) is 0 Å². The third-order valence-electron chi connectivity index (χ3n) is 3.27. The SMILES string of the molecule is CC(C)CN(CC1CCCN1)c1cnc(C#N)cn1. The second-order valence-electron chi connectivity index (χ2n) is 5.46. The number of anilines is 1. The van der Waals surface area contributed by atoms with Crippen molar-refractivity contribution in [2.75, 3.05) is 24.5 Å². The van der Waals surface area contributed by atoms with Gasteiger partial charge in [0.25, 0.3) is 0 Å². The Morgan fingerprint density at radius 1 is 1.47 bits per heavy atom. The molecule has 1 unspecified atom stereocenters. The van der Waals surface area contributed by atoms with Crippen molar-refractivity contribution >= 4 is 5.82 Å². The van der Waals surface area contributed by atoms with Crippen molar-refractivity contribution in [3.05, 3.63) is 18.1 Å². The molecule has 0 radical (unpaired) electrons. The van der Waals surface area contributed by atoms with E-state index >= 15 is 0 Å². The summed E-state index contributed by atoms with van der Waals surface area (Å²) in [6.45, 7) is 7.43. The van der Waals surface area contributed by atoms with Gasteiger partial charge in [0, 0.05) is 19.1 Å². The van der Waals surface area contributed by atoms with E-state index in [1.54, 1.807) is 12.4 Å². The van der Waals surface area contributed by atoms with E-state index in [1.165, 1.54) is 12.8 Å². The summed E-state index contributed by atoms with van der Waals surface area (Å²) >= 11 is 0. The molecule has 0 bridgehead atoms. The largest absolute Gasteiger partial charge is 0.354 e. The van der Waals surface area contributed by atoms with E-state index in [9.17, 15) is 0 Å². The van der Waals surface area contributed by atoms with E-state index in [0.29, 0.717) is 17.7 Å². The first-order valence-electron chi connectivity index (χ1n) is 6.89. The van der Waals surface area contributed by atoms with Crippen LogP contribution in [-0.4, -0.2) is 35.6 Å². The zero-order chi connectivity index (χ0) is 13.7. The Balaban J connectivity index is 2.08. The van der Waals surface area contributed by atoms with Crippen LogP contribution >= 0.6 is 0 Å². The minimum Gasteiger partial charge on any atom is -0.354 e. The monoisotopic (exact) mass is 259 g/mol. The van der Waals surface area contributed by atoms with E-state index in [0.717, 1.165) is 25.5 Å². The molecule has 2 heterocycles. The summed E-state index contributed by atoms with van der Waals surface area (Å²) in [5, 5.41) is 12.3. The van der Waals surface area contributed by atoms with Gasteiger partial charge in [-0.05, 0) is 25.3 Å². The summed E-state index contributed by atoms with van der Waals surface area (Å²) in [5.41, 5.74) is 0.368. The smallest absolute Gasteiger partial charge is 0.158 e. The fourth-order valence-corrected chi connectivity index (χ4v) is 2.42. The molecule has 1 aliphatic rings. The van der Waals surface area contributed by atoms with Crippen molar-refractivity contribution in [1.82, 2.24) is 15.3 Å². The molecular weight excluding hydrogens is 238 g/mol. The fraction of sp³-hybridized carbons (Fsp3) is 0.643. The quantitative estimate of drug-likeness (QED) is 0.869. The molecule has 1 aliphatic heterocycles. The molecule has 1 saturated heterocycles. The molecule has 0 spiro atoms. The van der Waals surface area contributed by atoms with E-state index in [1.807, 2.05) is 6.07 Å². The van der Waals surface area contributed by atoms with Gasteiger partial charge in [0.05, 0.1) is 12.4 Å². The third-order valence-corrected chi connectivity index (χ3v) is 3.27. The van der Waals surface area contributed by atoms with Crippen molar-refractivity contribution in [1.29, 1.82) is 5.26 Å². The molecule has 0 aromatic carbocycles. The number of hydrogen-bond donors (Lipinski definition) is 1. The van der Waals surface area contributed by atoms with Crippen LogP contribution < -0.4 is 10.2 Å². The summed E-state index contributed by atoms with van der Waals surface area (Å²) in [7, 11) is 0. The molecule has 1 aromatic rings. The highest BCUT2D eigenvalue weighted by molar-refractivity contribution is 5.37. The van der Waals surface area contributed by atoms with Crippen LogP contribution in [0.25, 0.3) is 0 Å². The van der Waals surface area contributed by atoms with Crippen molar-refractivity contribution < 1.29 is 0 Å². The first-order valence-corrected chi connectivity index (χ1v) is 6.89. The lowest BCUT2D eigenvalue weighted by molar-refractivity contribution is 0.537. The van der Waals surface area contributed by atoms with Gasteiger partial charge in [0.1, 0.15) is 11.9 Å². The lowest BCUT2D eigenvalue weighted by Gasteiger charge is -2.28. The van der Waals surface area contributed by atoms with Gasteiger partial charge in [-0.2, -0.15) is 5.26 Å². The van der Waals surface area contributed by atoms with Gasteiger partial charge in [0.2, 0.25) is 0 Å². The molecule has 102 valence electrons. The first kappa shape index (κ1) is 13.8. The Labute approximate surface area is 114 Å². The average molecular weight is 259 g/mol. The molecule has 2 rings (SSSR count). The van der Waals surface area contributed by atoms with Crippen LogP contribution in [0.5, 0.6) is 0 Å². The lowest BCUT2D eigenvalue weighted by Crippen LogP contribution is -2.40. The Morgan fingerprint density at radius 3 is 2.84 bits per heavy atom. The Hall–Kier alpha value is -1.67. The van der Waals surface area contributed by atoms with Gasteiger partial charge in [-0.25, -0.2) is 9.97 Å². The van der Waals surface area contributed by atoms with Crippen molar-refractivity contribution in [3.63, 3.8) is 0 Å². The molecule has 5 heteroatoms. The molecule has 5 nitrogen and oxygen atoms in total. The predicted molar refractivity (Wildman–Crippen MR) is 74.8 cm³/mol. The van der Waals surface area contributed by atoms with Crippen molar-refractivity contribution in [2.24, 2.45) is 5.92 Å². The lowest BCUT2D eigenvalue weighted by atomic mass is 10.1. The van der Waals surface area contributed by atoms with E-state index in [2.05, 4.69) is 34.0 Å². The van der Waals surface area contributed by atoms with E-state index < -0.39 is 0 Å². The second-order valence-corrected chi connectivity index (χ2v) is 5.46. The molecule has 0 aliphatic carbocycles. The molecule has 0 saturated carbocycles. The van der Waals surface area contributed by atoms with Gasteiger partial charge >= 0.3 is 0 Å². The average Bonchev–Trinajstić information content (AvgIpc) is 2.90. The standard InChI is InChI=1S/C14H21N5/c1-11(2)9-19(10-12-4-3-5-16-12)14-8-17-13(6-15)7-18-14/h7-8,11-12,16H,3-5,9-10H2,1-2H3. The maximum Gasteiger partial charge on any atom is 0.158 e. The van der Waals surface area contributed by atoms with Crippen LogP contribution in [0.4, 0.5) is 5.82 Å². The highest BCUT2D eigenvalue weighted by atomic mass is 15.2. The van der Waals surface area contributed by atoms with Gasteiger partial charge in [-0.3, -0.25) is 0 Å². The van der Waals surface area contributed by atoms with Crippen LogP contribution in [0.1, 0.15) is 32.4 Å². The highest BCUT2D eigenvalue weighted by Gasteiger charge is 2.19. The topological polar surface area (TPSA) is 64.8 Å². The molecule has 1 fully saturated rings. The van der Waals surface area contributed by atoms with Crippen molar-refractivity contribution in [3.8, 4) is 6.07 Å². The molecule has 1 atom stereocenters. The van der Waals surface area contributed by atoms with Crippen LogP contribution in [0, 0.1) is 17.2 Å². The first-order chi connectivity index (χ1) is 9.19. The number of hydrogen-bond acceptors (Lipinski definition) is 5. The van der Waals surface area contributed by atoms with Gasteiger partial charge in [-0.1, -0.05) is 13.8 Å². The van der Waals surface area contributed by atoms with Crippen molar-refractivity contribution in [2.45, 2.75) is 32.7 Å². The fourth-order valence-electron chi connectivity index (χ4n) is 2.42. The second kappa shape index (κ2) is 6.48. The summed E-state index contributed by atoms with van der Waals surface area (Å²) in [4.78, 5) is 10.7. The predicted octanol–water partition coefficient (Wildman–Crippen LogP) is 1.56. The maximum absolute atomic E-state index is 8.77. The van der Waals surface area contributed by atoms with Crippen LogP contribution in [0.15, 0.2) is 12.4 Å². The normalized spacial score (nSPS) is 18.5. The number of nitrogens with zero attached hydrogens (tertiary/aromatic N) is 4. The van der Waals surface area contributed by atoms with Crippen LogP contribution in [0.3, 0.4) is 0 Å². The molecule has 19 heavy (non-hydrogen) atoms. The number of nitriles is 1. The Bertz CT molecular complexity index is 428. The molecular formula is C14H21N5. The zero-order valence-electron chi connectivity index (χ0n) is 11.6. The van der Waals surface area contributed by atoms with E-state index in [4.69, 9.17) is 5.26 Å². The minimum atomic E-state index is 0.368. The maximum atomic E-state index is 8.77. The van der Waals surface area contributed by atoms with Crippen LogP contribution in [0.2, 0.25) is 0 Å². The van der Waals surface area contributed by atoms with Crippen LogP contribution in [-0.2, 0) is 0 Å². The summed E-state index contributed by atoms with van der Waals surface area (Å²) in [6, 6.07) is 2.54. The third kappa shape index (κ3) is 3.90. The number of nitrogens with one attached hydrogen (secondary N) is 1. The Kier molecular flexibility index (Phi) is 4.69. The minimum absolute atomic E-state index is 0.368. The van der Waals surface area contributed by atoms with Gasteiger partial charge in [0.15, 0.2) is 5.69 Å². The molecule has 1 aromatic heterocycles. The van der Waals surface area contributed by atoms with E-state index in [-0.39, 0.29) is 0 Å². The summed E-state index contributed by atoms with van der Waals surface area (Å²) in [6.07, 6.45) is 5.72. The zero-order valence-corrected chi connectivity index (χ0v) is 11.6. The number of rotatable bonds is 5. The number of aromatic nitrogens is 2.